The molecule has 6 heteroatoms. The molecule has 1 rings (SSSR count). The molecule has 0 aliphatic heterocycles. The SMILES string of the molecule is CC(C)c1[nH]nc(C(F)(F)F)c1CCl. The van der Waals surface area contributed by atoms with Crippen LogP contribution in [0.5, 0.6) is 0 Å². The fourth-order valence-corrected chi connectivity index (χ4v) is 1.50. The smallest absolute Gasteiger partial charge is 0.281 e. The monoisotopic (exact) mass is 226 g/mol. The lowest BCUT2D eigenvalue weighted by Crippen LogP contribution is -2.08. The average molecular weight is 227 g/mol. The van der Waals surface area contributed by atoms with Crippen LogP contribution in [0.1, 0.15) is 36.7 Å². The van der Waals surface area contributed by atoms with Gasteiger partial charge in [0.2, 0.25) is 0 Å². The molecule has 1 heterocycles. The van der Waals surface area contributed by atoms with E-state index in [2.05, 4.69) is 10.2 Å². The summed E-state index contributed by atoms with van der Waals surface area (Å²) in [7, 11) is 0. The lowest BCUT2D eigenvalue weighted by Gasteiger charge is -2.06. The van der Waals surface area contributed by atoms with Gasteiger partial charge in [0.1, 0.15) is 0 Å². The topological polar surface area (TPSA) is 28.7 Å². The van der Waals surface area contributed by atoms with Crippen LogP contribution in [0, 0.1) is 0 Å². The van der Waals surface area contributed by atoms with Gasteiger partial charge in [-0.1, -0.05) is 13.8 Å². The van der Waals surface area contributed by atoms with Crippen LogP contribution in [0.2, 0.25) is 0 Å². The molecule has 0 unspecified atom stereocenters. The Labute approximate surface area is 84.5 Å². The number of rotatable bonds is 2. The summed E-state index contributed by atoms with van der Waals surface area (Å²) in [6, 6.07) is 0. The maximum Gasteiger partial charge on any atom is 0.435 e. The van der Waals surface area contributed by atoms with Crippen molar-refractivity contribution in [2.24, 2.45) is 0 Å². The number of aromatic amines is 1. The second-order valence-electron chi connectivity index (χ2n) is 3.25. The van der Waals surface area contributed by atoms with E-state index in [1.807, 2.05) is 0 Å². The number of H-pyrrole nitrogens is 1. The zero-order valence-electron chi connectivity index (χ0n) is 7.74. The van der Waals surface area contributed by atoms with Crippen molar-refractivity contribution in [2.75, 3.05) is 0 Å². The second kappa shape index (κ2) is 3.81. The summed E-state index contributed by atoms with van der Waals surface area (Å²) in [6.07, 6.45) is -4.44. The fraction of sp³-hybridized carbons (Fsp3) is 0.625. The number of nitrogens with one attached hydrogen (secondary N) is 1. The molecule has 0 saturated carbocycles. The van der Waals surface area contributed by atoms with Crippen molar-refractivity contribution in [3.8, 4) is 0 Å². The summed E-state index contributed by atoms with van der Waals surface area (Å²) in [5.41, 5.74) is -0.405. The van der Waals surface area contributed by atoms with Gasteiger partial charge in [-0.25, -0.2) is 0 Å². The van der Waals surface area contributed by atoms with Crippen molar-refractivity contribution < 1.29 is 13.2 Å². The molecule has 1 N–H and O–H groups in total. The first-order valence-corrected chi connectivity index (χ1v) is 4.61. The van der Waals surface area contributed by atoms with E-state index in [9.17, 15) is 13.2 Å². The number of alkyl halides is 4. The molecule has 0 spiro atoms. The maximum absolute atomic E-state index is 12.4. The first-order chi connectivity index (χ1) is 6.38. The van der Waals surface area contributed by atoms with Gasteiger partial charge in [0.05, 0.1) is 5.88 Å². The molecule has 0 aliphatic carbocycles. The highest BCUT2D eigenvalue weighted by atomic mass is 35.5. The van der Waals surface area contributed by atoms with Gasteiger partial charge in [-0.2, -0.15) is 18.3 Å². The second-order valence-corrected chi connectivity index (χ2v) is 3.52. The number of hydrogen-bond donors (Lipinski definition) is 1. The van der Waals surface area contributed by atoms with Crippen LogP contribution in [0.15, 0.2) is 0 Å². The van der Waals surface area contributed by atoms with Gasteiger partial charge in [0, 0.05) is 11.3 Å². The Bertz CT molecular complexity index is 317. The molecular formula is C8H10ClF3N2. The van der Waals surface area contributed by atoms with Crippen LogP contribution < -0.4 is 0 Å². The van der Waals surface area contributed by atoms with Crippen LogP contribution in [0.4, 0.5) is 13.2 Å². The van der Waals surface area contributed by atoms with Gasteiger partial charge in [0.15, 0.2) is 5.69 Å². The quantitative estimate of drug-likeness (QED) is 0.771. The van der Waals surface area contributed by atoms with E-state index in [1.54, 1.807) is 13.8 Å². The Balaban J connectivity index is 3.21. The van der Waals surface area contributed by atoms with E-state index in [4.69, 9.17) is 11.6 Å². The van der Waals surface area contributed by atoms with E-state index < -0.39 is 11.9 Å². The Kier molecular flexibility index (Phi) is 3.09. The molecular weight excluding hydrogens is 217 g/mol. The molecule has 14 heavy (non-hydrogen) atoms. The first-order valence-electron chi connectivity index (χ1n) is 4.08. The van der Waals surface area contributed by atoms with Gasteiger partial charge in [-0.05, 0) is 5.92 Å². The summed E-state index contributed by atoms with van der Waals surface area (Å²) in [4.78, 5) is 0. The maximum atomic E-state index is 12.4. The largest absolute Gasteiger partial charge is 0.435 e. The first kappa shape index (κ1) is 11.4. The molecule has 0 aromatic carbocycles. The Hall–Kier alpha value is -0.710. The summed E-state index contributed by atoms with van der Waals surface area (Å²) in [6.45, 7) is 3.56. The van der Waals surface area contributed by atoms with E-state index in [-0.39, 0.29) is 17.4 Å². The van der Waals surface area contributed by atoms with Gasteiger partial charge in [-0.3, -0.25) is 5.10 Å². The molecule has 0 saturated heterocycles. The van der Waals surface area contributed by atoms with Gasteiger partial charge in [0.25, 0.3) is 0 Å². The molecule has 0 bridgehead atoms. The minimum absolute atomic E-state index is 0.0488. The van der Waals surface area contributed by atoms with E-state index in [0.29, 0.717) is 5.69 Å². The summed E-state index contributed by atoms with van der Waals surface area (Å²) in [5.74, 6) is -0.230. The van der Waals surface area contributed by atoms with Crippen molar-refractivity contribution in [2.45, 2.75) is 31.8 Å². The minimum Gasteiger partial charge on any atom is -0.281 e. The highest BCUT2D eigenvalue weighted by Gasteiger charge is 2.37. The van der Waals surface area contributed by atoms with E-state index in [0.717, 1.165) is 0 Å². The van der Waals surface area contributed by atoms with Crippen molar-refractivity contribution >= 4 is 11.6 Å². The standard InChI is InChI=1S/C8H10ClF3N2/c1-4(2)6-5(3-9)7(14-13-6)8(10,11)12/h4H,3H2,1-2H3,(H,13,14). The third-order valence-corrected chi connectivity index (χ3v) is 2.15. The molecule has 0 radical (unpaired) electrons. The van der Waals surface area contributed by atoms with Crippen molar-refractivity contribution in [1.82, 2.24) is 10.2 Å². The number of aromatic nitrogens is 2. The van der Waals surface area contributed by atoms with Crippen molar-refractivity contribution in [3.63, 3.8) is 0 Å². The lowest BCUT2D eigenvalue weighted by molar-refractivity contribution is -0.141. The van der Waals surface area contributed by atoms with Gasteiger partial charge >= 0.3 is 6.18 Å². The average Bonchev–Trinajstić information content (AvgIpc) is 2.45. The molecule has 0 amide bonds. The highest BCUT2D eigenvalue weighted by Crippen LogP contribution is 2.34. The summed E-state index contributed by atoms with van der Waals surface area (Å²) < 4.78 is 37.1. The third-order valence-electron chi connectivity index (χ3n) is 1.88. The normalized spacial score (nSPS) is 12.5. The molecule has 2 nitrogen and oxygen atoms in total. The van der Waals surface area contributed by atoms with Crippen LogP contribution in [0.3, 0.4) is 0 Å². The number of nitrogens with zero attached hydrogens (tertiary/aromatic N) is 1. The predicted molar refractivity (Wildman–Crippen MR) is 47.2 cm³/mol. The zero-order chi connectivity index (χ0) is 10.9. The molecule has 0 fully saturated rings. The molecule has 1 aromatic rings. The van der Waals surface area contributed by atoms with Crippen LogP contribution >= 0.6 is 11.6 Å². The predicted octanol–water partition coefficient (Wildman–Crippen LogP) is 3.29. The fourth-order valence-electron chi connectivity index (χ4n) is 1.23. The Morgan fingerprint density at radius 1 is 1.43 bits per heavy atom. The molecule has 1 aromatic heterocycles. The van der Waals surface area contributed by atoms with Crippen molar-refractivity contribution in [3.05, 3.63) is 17.0 Å². The van der Waals surface area contributed by atoms with E-state index in [1.165, 1.54) is 0 Å². The molecule has 0 atom stereocenters. The lowest BCUT2D eigenvalue weighted by atomic mass is 10.1. The van der Waals surface area contributed by atoms with Crippen molar-refractivity contribution in [1.29, 1.82) is 0 Å². The molecule has 0 aliphatic rings. The number of halogens is 4. The van der Waals surface area contributed by atoms with Crippen LogP contribution in [0.25, 0.3) is 0 Å². The van der Waals surface area contributed by atoms with E-state index >= 15 is 0 Å². The number of hydrogen-bond acceptors (Lipinski definition) is 1. The van der Waals surface area contributed by atoms with Gasteiger partial charge in [-0.15, -0.1) is 11.6 Å². The Morgan fingerprint density at radius 3 is 2.36 bits per heavy atom. The van der Waals surface area contributed by atoms with Crippen LogP contribution in [-0.2, 0) is 12.1 Å². The van der Waals surface area contributed by atoms with Gasteiger partial charge < -0.3 is 0 Å². The minimum atomic E-state index is -4.44. The highest BCUT2D eigenvalue weighted by molar-refractivity contribution is 6.17. The molecule has 80 valence electrons. The Morgan fingerprint density at radius 2 is 2.00 bits per heavy atom. The third kappa shape index (κ3) is 2.03. The summed E-state index contributed by atoms with van der Waals surface area (Å²) >= 11 is 5.47. The summed E-state index contributed by atoms with van der Waals surface area (Å²) in [5, 5.41) is 5.62. The zero-order valence-corrected chi connectivity index (χ0v) is 8.50. The van der Waals surface area contributed by atoms with Crippen LogP contribution in [-0.4, -0.2) is 10.2 Å².